The highest BCUT2D eigenvalue weighted by molar-refractivity contribution is 7.07. The number of benzene rings is 1. The van der Waals surface area contributed by atoms with Crippen LogP contribution >= 0.6 is 11.3 Å². The zero-order valence-electron chi connectivity index (χ0n) is 13.8. The van der Waals surface area contributed by atoms with Crippen LogP contribution in [0.2, 0.25) is 0 Å². The van der Waals surface area contributed by atoms with E-state index in [1.165, 1.54) is 5.56 Å². The van der Waals surface area contributed by atoms with E-state index in [1.54, 1.807) is 18.4 Å². The predicted molar refractivity (Wildman–Crippen MR) is 98.7 cm³/mol. The fraction of sp³-hybridized carbons (Fsp3) is 0.389. The van der Waals surface area contributed by atoms with Crippen LogP contribution in [0.25, 0.3) is 0 Å². The van der Waals surface area contributed by atoms with Gasteiger partial charge in [-0.25, -0.2) is 0 Å². The van der Waals surface area contributed by atoms with Gasteiger partial charge in [-0.15, -0.1) is 0 Å². The number of ether oxygens (including phenoxy) is 1. The van der Waals surface area contributed by atoms with Crippen LogP contribution in [-0.4, -0.2) is 32.7 Å². The average Bonchev–Trinajstić information content (AvgIpc) is 3.12. The molecule has 4 nitrogen and oxygen atoms in total. The van der Waals surface area contributed by atoms with Crippen LogP contribution < -0.4 is 15.4 Å². The van der Waals surface area contributed by atoms with Gasteiger partial charge in [0.05, 0.1) is 6.61 Å². The maximum atomic E-state index is 5.67. The van der Waals surface area contributed by atoms with E-state index in [-0.39, 0.29) is 0 Å². The third-order valence-electron chi connectivity index (χ3n) is 3.54. The Balaban J connectivity index is 1.60. The first kappa shape index (κ1) is 17.3. The van der Waals surface area contributed by atoms with Crippen LogP contribution in [0.1, 0.15) is 24.8 Å². The minimum atomic E-state index is 0.473. The molecule has 23 heavy (non-hydrogen) atoms. The molecule has 0 aliphatic carbocycles. The summed E-state index contributed by atoms with van der Waals surface area (Å²) in [7, 11) is 1.80. The van der Waals surface area contributed by atoms with E-state index >= 15 is 0 Å². The van der Waals surface area contributed by atoms with Gasteiger partial charge in [0.15, 0.2) is 5.96 Å². The number of thiophene rings is 1. The second-order valence-electron chi connectivity index (χ2n) is 5.35. The van der Waals surface area contributed by atoms with Gasteiger partial charge in [0.1, 0.15) is 5.75 Å². The summed E-state index contributed by atoms with van der Waals surface area (Å²) in [5.74, 6) is 2.23. The highest BCUT2D eigenvalue weighted by Crippen LogP contribution is 2.16. The number of nitrogens with one attached hydrogen (secondary N) is 2. The van der Waals surface area contributed by atoms with Crippen molar-refractivity contribution >= 4 is 17.3 Å². The first-order valence-electron chi connectivity index (χ1n) is 7.94. The van der Waals surface area contributed by atoms with Gasteiger partial charge in [0, 0.05) is 20.1 Å². The Morgan fingerprint density at radius 2 is 2.04 bits per heavy atom. The lowest BCUT2D eigenvalue weighted by atomic mass is 10.1. The van der Waals surface area contributed by atoms with Crippen LogP contribution in [-0.2, 0) is 0 Å². The van der Waals surface area contributed by atoms with Gasteiger partial charge in [0.25, 0.3) is 0 Å². The van der Waals surface area contributed by atoms with Crippen LogP contribution in [0.3, 0.4) is 0 Å². The number of aliphatic imine (C=N–C) groups is 1. The summed E-state index contributed by atoms with van der Waals surface area (Å²) in [6.07, 6.45) is 0.926. The van der Waals surface area contributed by atoms with Crippen molar-refractivity contribution in [1.82, 2.24) is 10.6 Å². The van der Waals surface area contributed by atoms with Crippen LogP contribution in [0.4, 0.5) is 0 Å². The molecule has 0 bridgehead atoms. The Morgan fingerprint density at radius 3 is 2.74 bits per heavy atom. The summed E-state index contributed by atoms with van der Waals surface area (Å²) in [6.45, 7) is 4.62. The highest BCUT2D eigenvalue weighted by atomic mass is 32.1. The lowest BCUT2D eigenvalue weighted by Crippen LogP contribution is -2.39. The summed E-state index contributed by atoms with van der Waals surface area (Å²) in [6, 6.07) is 12.1. The third kappa shape index (κ3) is 6.32. The van der Waals surface area contributed by atoms with Crippen molar-refractivity contribution in [3.63, 3.8) is 0 Å². The minimum Gasteiger partial charge on any atom is -0.494 e. The Morgan fingerprint density at radius 1 is 1.22 bits per heavy atom. The SMILES string of the molecule is CN=C(NCCCOc1ccccc1)NCC(C)c1ccsc1. The van der Waals surface area contributed by atoms with Crippen LogP contribution in [0.15, 0.2) is 52.2 Å². The molecule has 0 amide bonds. The molecule has 2 aromatic rings. The topological polar surface area (TPSA) is 45.7 Å². The second kappa shape index (κ2) is 9.90. The van der Waals surface area contributed by atoms with Crippen LogP contribution in [0.5, 0.6) is 5.75 Å². The number of rotatable bonds is 8. The molecule has 1 heterocycles. The van der Waals surface area contributed by atoms with Crippen molar-refractivity contribution in [3.8, 4) is 5.75 Å². The van der Waals surface area contributed by atoms with Crippen LogP contribution in [0, 0.1) is 0 Å². The standard InChI is InChI=1S/C18H25N3OS/c1-15(16-9-12-23-14-16)13-21-18(19-2)20-10-6-11-22-17-7-4-3-5-8-17/h3-5,7-9,12,14-15H,6,10-11,13H2,1-2H3,(H2,19,20,21). The molecule has 124 valence electrons. The predicted octanol–water partition coefficient (Wildman–Crippen LogP) is 3.49. The Hall–Kier alpha value is -2.01. The van der Waals surface area contributed by atoms with Crippen molar-refractivity contribution in [2.24, 2.45) is 4.99 Å². The van der Waals surface area contributed by atoms with Crippen molar-refractivity contribution in [2.75, 3.05) is 26.7 Å². The van der Waals surface area contributed by atoms with Crippen molar-refractivity contribution in [1.29, 1.82) is 0 Å². The molecule has 0 radical (unpaired) electrons. The normalized spacial score (nSPS) is 12.7. The number of hydrogen-bond donors (Lipinski definition) is 2. The second-order valence-corrected chi connectivity index (χ2v) is 6.13. The first-order chi connectivity index (χ1) is 11.3. The van der Waals surface area contributed by atoms with Crippen molar-refractivity contribution < 1.29 is 4.74 Å². The largest absolute Gasteiger partial charge is 0.494 e. The van der Waals surface area contributed by atoms with Gasteiger partial charge in [-0.2, -0.15) is 11.3 Å². The first-order valence-corrected chi connectivity index (χ1v) is 8.88. The molecule has 0 saturated heterocycles. The molecule has 2 N–H and O–H groups in total. The molecule has 0 aliphatic heterocycles. The molecule has 0 spiro atoms. The Labute approximate surface area is 142 Å². The summed E-state index contributed by atoms with van der Waals surface area (Å²) in [5, 5.41) is 11.0. The maximum absolute atomic E-state index is 5.67. The molecular weight excluding hydrogens is 306 g/mol. The monoisotopic (exact) mass is 331 g/mol. The minimum absolute atomic E-state index is 0.473. The fourth-order valence-electron chi connectivity index (χ4n) is 2.13. The summed E-state index contributed by atoms with van der Waals surface area (Å²) < 4.78 is 5.67. The summed E-state index contributed by atoms with van der Waals surface area (Å²) in [5.41, 5.74) is 1.37. The van der Waals surface area contributed by atoms with Gasteiger partial charge >= 0.3 is 0 Å². The molecular formula is C18H25N3OS. The third-order valence-corrected chi connectivity index (χ3v) is 4.24. The Kier molecular flexibility index (Phi) is 7.46. The molecule has 1 unspecified atom stereocenters. The summed E-state index contributed by atoms with van der Waals surface area (Å²) in [4.78, 5) is 4.25. The van der Waals surface area contributed by atoms with E-state index in [9.17, 15) is 0 Å². The maximum Gasteiger partial charge on any atom is 0.190 e. The lowest BCUT2D eigenvalue weighted by Gasteiger charge is -2.15. The van der Waals surface area contributed by atoms with Gasteiger partial charge in [-0.3, -0.25) is 4.99 Å². The zero-order chi connectivity index (χ0) is 16.3. The van der Waals surface area contributed by atoms with E-state index < -0.39 is 0 Å². The number of para-hydroxylation sites is 1. The van der Waals surface area contributed by atoms with E-state index in [1.807, 2.05) is 30.3 Å². The lowest BCUT2D eigenvalue weighted by molar-refractivity contribution is 0.311. The van der Waals surface area contributed by atoms with Crippen molar-refractivity contribution in [3.05, 3.63) is 52.7 Å². The molecule has 2 rings (SSSR count). The van der Waals surface area contributed by atoms with Gasteiger partial charge in [-0.1, -0.05) is 25.1 Å². The fourth-order valence-corrected chi connectivity index (χ4v) is 2.91. The van der Waals surface area contributed by atoms with Crippen molar-refractivity contribution in [2.45, 2.75) is 19.3 Å². The molecule has 1 aromatic carbocycles. The molecule has 0 aliphatic rings. The van der Waals surface area contributed by atoms with E-state index in [2.05, 4.69) is 39.4 Å². The van der Waals surface area contributed by atoms with Gasteiger partial charge in [0.2, 0.25) is 0 Å². The van der Waals surface area contributed by atoms with E-state index in [0.717, 1.165) is 31.2 Å². The number of hydrogen-bond acceptors (Lipinski definition) is 3. The van der Waals surface area contributed by atoms with Gasteiger partial charge < -0.3 is 15.4 Å². The molecule has 0 saturated carbocycles. The number of nitrogens with zero attached hydrogens (tertiary/aromatic N) is 1. The van der Waals surface area contributed by atoms with E-state index in [4.69, 9.17) is 4.74 Å². The highest BCUT2D eigenvalue weighted by Gasteiger charge is 2.06. The average molecular weight is 331 g/mol. The Bertz CT molecular complexity index is 569. The molecule has 1 aromatic heterocycles. The summed E-state index contributed by atoms with van der Waals surface area (Å²) >= 11 is 1.74. The molecule has 1 atom stereocenters. The molecule has 0 fully saturated rings. The van der Waals surface area contributed by atoms with E-state index in [0.29, 0.717) is 12.5 Å². The number of guanidine groups is 1. The smallest absolute Gasteiger partial charge is 0.190 e. The molecule has 5 heteroatoms. The van der Waals surface area contributed by atoms with Gasteiger partial charge in [-0.05, 0) is 46.9 Å². The quantitative estimate of drug-likeness (QED) is 0.442. The zero-order valence-corrected chi connectivity index (χ0v) is 14.6.